The van der Waals surface area contributed by atoms with Gasteiger partial charge in [-0.2, -0.15) is 26.3 Å². The van der Waals surface area contributed by atoms with Gasteiger partial charge in [0, 0.05) is 0 Å². The molecule has 0 saturated heterocycles. The van der Waals surface area contributed by atoms with E-state index in [1.165, 1.54) is 0 Å². The number of unbranched alkanes of at least 4 members (excludes halogenated alkanes) is 7. The molecule has 0 aromatic carbocycles. The van der Waals surface area contributed by atoms with Gasteiger partial charge in [-0.3, -0.25) is 0 Å². The Morgan fingerprint density at radius 1 is 0.656 bits per heavy atom. The van der Waals surface area contributed by atoms with Crippen molar-refractivity contribution in [1.29, 1.82) is 0 Å². The standard InChI is InChI=1S/C18H34F6NO4PS2/c1-3-5-7-8-9-10-11-13-16(12-6-4-2)14-15-30-25(31(26,27)17(19,20)21)32(28,29)18(22,23)24/h16,30H,3-15H2,1-2H3. The van der Waals surface area contributed by atoms with E-state index < -0.39 is 49.4 Å². The molecule has 0 aliphatic heterocycles. The van der Waals surface area contributed by atoms with Gasteiger partial charge in [-0.05, 0) is 27.2 Å². The van der Waals surface area contributed by atoms with Crippen LogP contribution in [0.2, 0.25) is 0 Å². The quantitative estimate of drug-likeness (QED) is 0.115. The summed E-state index contributed by atoms with van der Waals surface area (Å²) in [5.41, 5.74) is -12.3. The summed E-state index contributed by atoms with van der Waals surface area (Å²) >= 11 is 0. The lowest BCUT2D eigenvalue weighted by molar-refractivity contribution is -0.0504. The molecule has 0 aliphatic rings. The molecule has 0 spiro atoms. The topological polar surface area (TPSA) is 71.5 Å². The second-order valence-corrected chi connectivity index (χ2v) is 13.4. The Balaban J connectivity index is 5.11. The van der Waals surface area contributed by atoms with Crippen molar-refractivity contribution in [1.82, 2.24) is 3.48 Å². The lowest BCUT2D eigenvalue weighted by Crippen LogP contribution is -2.45. The number of nitrogens with zero attached hydrogens (tertiary/aromatic N) is 1. The smallest absolute Gasteiger partial charge is 0.201 e. The van der Waals surface area contributed by atoms with Crippen molar-refractivity contribution in [2.24, 2.45) is 5.92 Å². The van der Waals surface area contributed by atoms with Crippen LogP contribution in [0.5, 0.6) is 0 Å². The number of alkyl halides is 6. The zero-order valence-corrected chi connectivity index (χ0v) is 21.1. The van der Waals surface area contributed by atoms with Gasteiger partial charge in [0.25, 0.3) is 0 Å². The van der Waals surface area contributed by atoms with Gasteiger partial charge < -0.3 is 0 Å². The SMILES string of the molecule is CCCCCCCCCC(CCCC)CCPN(S(=O)(=O)C(F)(F)F)S(=O)(=O)C(F)(F)F. The molecule has 0 aromatic heterocycles. The molecule has 2 unspecified atom stereocenters. The number of halogens is 6. The highest BCUT2D eigenvalue weighted by Crippen LogP contribution is 2.42. The normalized spacial score (nSPS) is 15.2. The zero-order valence-electron chi connectivity index (χ0n) is 18.4. The molecule has 0 radical (unpaired) electrons. The molecule has 0 fully saturated rings. The third-order valence-electron chi connectivity index (χ3n) is 5.00. The average molecular weight is 538 g/mol. The van der Waals surface area contributed by atoms with Crippen LogP contribution in [0.3, 0.4) is 0 Å². The molecule has 0 heterocycles. The van der Waals surface area contributed by atoms with Crippen molar-refractivity contribution >= 4 is 28.8 Å². The lowest BCUT2D eigenvalue weighted by Gasteiger charge is -2.24. The molecule has 0 rings (SSSR count). The van der Waals surface area contributed by atoms with Crippen molar-refractivity contribution in [2.45, 2.75) is 102 Å². The van der Waals surface area contributed by atoms with Crippen molar-refractivity contribution < 1.29 is 43.2 Å². The van der Waals surface area contributed by atoms with Crippen LogP contribution in [0.1, 0.15) is 90.9 Å². The van der Waals surface area contributed by atoms with E-state index in [0.29, 0.717) is 6.42 Å². The number of hydrogen-bond acceptors (Lipinski definition) is 4. The van der Waals surface area contributed by atoms with Gasteiger partial charge in [0.15, 0.2) is 0 Å². The van der Waals surface area contributed by atoms with Crippen molar-refractivity contribution in [3.8, 4) is 0 Å². The van der Waals surface area contributed by atoms with Crippen molar-refractivity contribution in [3.05, 3.63) is 0 Å². The fourth-order valence-electron chi connectivity index (χ4n) is 3.16. The summed E-state index contributed by atoms with van der Waals surface area (Å²) in [6, 6.07) is 0. The van der Waals surface area contributed by atoms with E-state index in [4.69, 9.17) is 0 Å². The van der Waals surface area contributed by atoms with E-state index >= 15 is 0 Å². The first-order valence-corrected chi connectivity index (χ1v) is 14.8. The Morgan fingerprint density at radius 2 is 1.06 bits per heavy atom. The van der Waals surface area contributed by atoms with Gasteiger partial charge >= 0.3 is 31.1 Å². The summed E-state index contributed by atoms with van der Waals surface area (Å²) in [5.74, 6) is -0.0119. The lowest BCUT2D eigenvalue weighted by atomic mass is 9.93. The van der Waals surface area contributed by atoms with Crippen LogP contribution < -0.4 is 0 Å². The molecule has 0 aromatic rings. The summed E-state index contributed by atoms with van der Waals surface area (Å²) < 4.78 is 122. The zero-order chi connectivity index (χ0) is 25.1. The van der Waals surface area contributed by atoms with Crippen molar-refractivity contribution in [3.63, 3.8) is 0 Å². The molecule has 0 N–H and O–H groups in total. The molecule has 194 valence electrons. The molecule has 32 heavy (non-hydrogen) atoms. The summed E-state index contributed by atoms with van der Waals surface area (Å²) in [5, 5.41) is 0. The van der Waals surface area contributed by atoms with Crippen LogP contribution in [0, 0.1) is 5.92 Å². The van der Waals surface area contributed by atoms with Gasteiger partial charge in [-0.15, -0.1) is 0 Å². The summed E-state index contributed by atoms with van der Waals surface area (Å²) in [6.07, 6.45) is 10.3. The van der Waals surface area contributed by atoms with Crippen LogP contribution in [-0.2, 0) is 20.0 Å². The molecule has 0 saturated carbocycles. The monoisotopic (exact) mass is 537 g/mol. The first-order valence-electron chi connectivity index (χ1n) is 10.8. The molecule has 2 atom stereocenters. The maximum Gasteiger partial charge on any atom is 0.512 e. The summed E-state index contributed by atoms with van der Waals surface area (Å²) in [4.78, 5) is 0. The Morgan fingerprint density at radius 3 is 1.50 bits per heavy atom. The highest BCUT2D eigenvalue weighted by Gasteiger charge is 2.61. The maximum atomic E-state index is 12.8. The first kappa shape index (κ1) is 31.9. The Labute approximate surface area is 189 Å². The molecule has 0 amide bonds. The van der Waals surface area contributed by atoms with Gasteiger partial charge in [0.2, 0.25) is 0 Å². The fraction of sp³-hybridized carbons (Fsp3) is 1.00. The van der Waals surface area contributed by atoms with Crippen LogP contribution in [0.4, 0.5) is 26.3 Å². The predicted octanol–water partition coefficient (Wildman–Crippen LogP) is 6.92. The first-order chi connectivity index (χ1) is 14.6. The maximum absolute atomic E-state index is 12.8. The van der Waals surface area contributed by atoms with Gasteiger partial charge in [-0.1, -0.05) is 88.0 Å². The number of sulfonamides is 2. The summed E-state index contributed by atoms with van der Waals surface area (Å²) in [6.45, 7) is 4.06. The molecule has 14 heteroatoms. The highest BCUT2D eigenvalue weighted by molar-refractivity contribution is 8.09. The van der Waals surface area contributed by atoms with E-state index in [1.54, 1.807) is 0 Å². The fourth-order valence-corrected chi connectivity index (χ4v) is 8.33. The van der Waals surface area contributed by atoms with Crippen LogP contribution in [0.15, 0.2) is 0 Å². The minimum Gasteiger partial charge on any atom is -0.201 e. The Hall–Kier alpha value is -0.130. The third-order valence-corrected chi connectivity index (χ3v) is 11.2. The van der Waals surface area contributed by atoms with Crippen LogP contribution in [0.25, 0.3) is 0 Å². The Bertz CT molecular complexity index is 683. The second-order valence-electron chi connectivity index (χ2n) is 7.71. The van der Waals surface area contributed by atoms with Crippen LogP contribution >= 0.6 is 8.73 Å². The molecule has 0 bridgehead atoms. The molecule has 0 aliphatic carbocycles. The average Bonchev–Trinajstić information content (AvgIpc) is 2.65. The summed E-state index contributed by atoms with van der Waals surface area (Å²) in [7, 11) is -15.1. The van der Waals surface area contributed by atoms with Crippen molar-refractivity contribution in [2.75, 3.05) is 6.16 Å². The van der Waals surface area contributed by atoms with Gasteiger partial charge in [-0.25, -0.2) is 16.8 Å². The largest absolute Gasteiger partial charge is 0.512 e. The predicted molar refractivity (Wildman–Crippen MR) is 115 cm³/mol. The van der Waals surface area contributed by atoms with Gasteiger partial charge in [0.05, 0.1) is 0 Å². The number of rotatable bonds is 17. The third kappa shape index (κ3) is 10.4. The molecular weight excluding hydrogens is 503 g/mol. The van der Waals surface area contributed by atoms with E-state index in [9.17, 15) is 43.2 Å². The van der Waals surface area contributed by atoms with E-state index in [2.05, 4.69) is 6.92 Å². The minimum absolute atomic E-state index is 0.0119. The van der Waals surface area contributed by atoms with E-state index in [1.807, 2.05) is 6.92 Å². The Kier molecular flexibility index (Phi) is 14.3. The van der Waals surface area contributed by atoms with Gasteiger partial charge in [0.1, 0.15) is 0 Å². The minimum atomic E-state index is -6.69. The van der Waals surface area contributed by atoms with E-state index in [0.717, 1.165) is 64.2 Å². The van der Waals surface area contributed by atoms with Crippen LogP contribution in [-0.4, -0.2) is 37.5 Å². The molecule has 5 nitrogen and oxygen atoms in total. The van der Waals surface area contributed by atoms with E-state index in [-0.39, 0.29) is 12.3 Å². The molecular formula is C18H34F6NO4PS2. The highest BCUT2D eigenvalue weighted by atomic mass is 32.3. The number of hydrogen-bond donors (Lipinski definition) is 0. The second kappa shape index (κ2) is 14.3.